The molecule has 0 aromatic heterocycles. The Bertz CT molecular complexity index is 233. The van der Waals surface area contributed by atoms with Crippen LogP contribution in [0, 0.1) is 17.8 Å². The van der Waals surface area contributed by atoms with E-state index in [2.05, 4.69) is 4.74 Å². The Morgan fingerprint density at radius 3 is 2.33 bits per heavy atom. The molecular formula is C11H19O4. The first kappa shape index (κ1) is 13.9. The topological polar surface area (TPSA) is 52.6 Å². The van der Waals surface area contributed by atoms with Crippen LogP contribution in [0.2, 0.25) is 0 Å². The van der Waals surface area contributed by atoms with Crippen LogP contribution in [-0.2, 0) is 19.1 Å². The van der Waals surface area contributed by atoms with Crippen molar-refractivity contribution in [1.82, 2.24) is 0 Å². The van der Waals surface area contributed by atoms with Gasteiger partial charge in [0.1, 0.15) is 6.61 Å². The van der Waals surface area contributed by atoms with E-state index in [4.69, 9.17) is 4.74 Å². The molecule has 0 rings (SSSR count). The molecule has 1 unspecified atom stereocenters. The lowest BCUT2D eigenvalue weighted by Gasteiger charge is -2.21. The summed E-state index contributed by atoms with van der Waals surface area (Å²) in [6.45, 7) is 7.03. The highest BCUT2D eigenvalue weighted by Crippen LogP contribution is 2.20. The van der Waals surface area contributed by atoms with Gasteiger partial charge in [-0.05, 0) is 27.2 Å². The summed E-state index contributed by atoms with van der Waals surface area (Å²) in [7, 11) is 1.31. The van der Waals surface area contributed by atoms with Crippen molar-refractivity contribution in [1.29, 1.82) is 0 Å². The Balaban J connectivity index is 4.07. The highest BCUT2D eigenvalue weighted by Gasteiger charge is 2.28. The lowest BCUT2D eigenvalue weighted by molar-refractivity contribution is -0.157. The average Bonchev–Trinajstić information content (AvgIpc) is 2.23. The van der Waals surface area contributed by atoms with Crippen LogP contribution in [-0.4, -0.2) is 25.7 Å². The van der Waals surface area contributed by atoms with Crippen molar-refractivity contribution in [3.63, 3.8) is 0 Å². The van der Waals surface area contributed by atoms with Crippen molar-refractivity contribution in [2.75, 3.05) is 13.7 Å². The molecule has 4 heteroatoms. The minimum Gasteiger partial charge on any atom is -0.469 e. The van der Waals surface area contributed by atoms with Crippen molar-refractivity contribution >= 4 is 11.9 Å². The Morgan fingerprint density at radius 2 is 1.93 bits per heavy atom. The Kier molecular flexibility index (Phi) is 5.33. The number of hydrogen-bond acceptors (Lipinski definition) is 4. The summed E-state index contributed by atoms with van der Waals surface area (Å²) < 4.78 is 9.53. The van der Waals surface area contributed by atoms with Crippen molar-refractivity contribution in [3.8, 4) is 0 Å². The molecule has 0 aliphatic carbocycles. The van der Waals surface area contributed by atoms with Gasteiger partial charge in [0, 0.05) is 0 Å². The van der Waals surface area contributed by atoms with Crippen molar-refractivity contribution in [3.05, 3.63) is 6.42 Å². The van der Waals surface area contributed by atoms with Gasteiger partial charge >= 0.3 is 11.9 Å². The number of methoxy groups -OCH3 is 1. The monoisotopic (exact) mass is 215 g/mol. The van der Waals surface area contributed by atoms with Crippen molar-refractivity contribution < 1.29 is 19.1 Å². The number of carbonyl (C=O) groups is 2. The van der Waals surface area contributed by atoms with E-state index in [9.17, 15) is 9.59 Å². The molecule has 0 aromatic carbocycles. The largest absolute Gasteiger partial charge is 0.469 e. The van der Waals surface area contributed by atoms with Crippen LogP contribution in [0.15, 0.2) is 0 Å². The molecule has 0 fully saturated rings. The quantitative estimate of drug-likeness (QED) is 0.653. The maximum Gasteiger partial charge on any atom is 0.311 e. The highest BCUT2D eigenvalue weighted by atomic mass is 16.5. The fraction of sp³-hybridized carbons (Fsp3) is 0.727. The summed E-state index contributed by atoms with van der Waals surface area (Å²) in [6.07, 6.45) is 1.76. The first-order valence-corrected chi connectivity index (χ1v) is 4.90. The van der Waals surface area contributed by atoms with E-state index in [1.165, 1.54) is 7.11 Å². The van der Waals surface area contributed by atoms with E-state index < -0.39 is 11.3 Å². The number of rotatable bonds is 5. The summed E-state index contributed by atoms with van der Waals surface area (Å²) >= 11 is 0. The van der Waals surface area contributed by atoms with Gasteiger partial charge in [0.15, 0.2) is 0 Å². The summed E-state index contributed by atoms with van der Waals surface area (Å²) in [4.78, 5) is 22.5. The number of esters is 2. The molecule has 0 heterocycles. The molecule has 1 atom stereocenters. The van der Waals surface area contributed by atoms with E-state index in [-0.39, 0.29) is 18.5 Å². The van der Waals surface area contributed by atoms with Gasteiger partial charge in [0.25, 0.3) is 0 Å². The molecule has 0 saturated carbocycles. The van der Waals surface area contributed by atoms with Gasteiger partial charge < -0.3 is 9.47 Å². The summed E-state index contributed by atoms with van der Waals surface area (Å²) in [5, 5.41) is 0. The van der Waals surface area contributed by atoms with Crippen LogP contribution in [0.3, 0.4) is 0 Å². The summed E-state index contributed by atoms with van der Waals surface area (Å²) in [5.41, 5.74) is -0.615. The summed E-state index contributed by atoms with van der Waals surface area (Å²) in [6, 6.07) is 0. The van der Waals surface area contributed by atoms with Gasteiger partial charge in [0.2, 0.25) is 0 Å². The molecular weight excluding hydrogens is 196 g/mol. The predicted molar refractivity (Wildman–Crippen MR) is 55.9 cm³/mol. The SMILES string of the molecule is C[CH]C(C)(C)C(=O)OCC(C)C(=O)OC. The minimum absolute atomic E-state index is 0.0583. The van der Waals surface area contributed by atoms with E-state index in [0.717, 1.165) is 0 Å². The number of ether oxygens (including phenoxy) is 2. The van der Waals surface area contributed by atoms with E-state index in [0.29, 0.717) is 0 Å². The molecule has 1 radical (unpaired) electrons. The van der Waals surface area contributed by atoms with Gasteiger partial charge in [-0.2, -0.15) is 0 Å². The van der Waals surface area contributed by atoms with Crippen molar-refractivity contribution in [2.45, 2.75) is 27.7 Å². The van der Waals surface area contributed by atoms with E-state index in [1.54, 1.807) is 34.1 Å². The molecule has 0 amide bonds. The third kappa shape index (κ3) is 4.32. The Morgan fingerprint density at radius 1 is 1.40 bits per heavy atom. The van der Waals surface area contributed by atoms with Crippen LogP contribution >= 0.6 is 0 Å². The first-order valence-electron chi connectivity index (χ1n) is 4.90. The van der Waals surface area contributed by atoms with Gasteiger partial charge in [-0.25, -0.2) is 0 Å². The maximum atomic E-state index is 11.5. The van der Waals surface area contributed by atoms with Crippen LogP contribution in [0.5, 0.6) is 0 Å². The smallest absolute Gasteiger partial charge is 0.311 e. The molecule has 15 heavy (non-hydrogen) atoms. The van der Waals surface area contributed by atoms with Crippen molar-refractivity contribution in [2.24, 2.45) is 11.3 Å². The van der Waals surface area contributed by atoms with E-state index >= 15 is 0 Å². The molecule has 0 saturated heterocycles. The average molecular weight is 215 g/mol. The molecule has 0 spiro atoms. The second-order valence-electron chi connectivity index (χ2n) is 4.03. The van der Waals surface area contributed by atoms with Crippen LogP contribution in [0.1, 0.15) is 27.7 Å². The third-order valence-electron chi connectivity index (χ3n) is 2.32. The standard InChI is InChI=1S/C11H19O4/c1-6-11(3,4)10(13)15-7-8(2)9(12)14-5/h6,8H,7H2,1-5H3. The van der Waals surface area contributed by atoms with E-state index in [1.807, 2.05) is 0 Å². The molecule has 0 aromatic rings. The summed E-state index contributed by atoms with van der Waals surface area (Å²) in [5.74, 6) is -1.13. The minimum atomic E-state index is -0.615. The molecule has 0 aliphatic heterocycles. The lowest BCUT2D eigenvalue weighted by atomic mass is 9.91. The molecule has 0 aliphatic rings. The van der Waals surface area contributed by atoms with Gasteiger partial charge in [-0.15, -0.1) is 0 Å². The first-order chi connectivity index (χ1) is 6.85. The molecule has 4 nitrogen and oxygen atoms in total. The molecule has 0 bridgehead atoms. The highest BCUT2D eigenvalue weighted by molar-refractivity contribution is 5.78. The van der Waals surface area contributed by atoms with Gasteiger partial charge in [0.05, 0.1) is 18.4 Å². The fourth-order valence-corrected chi connectivity index (χ4v) is 0.774. The normalized spacial score (nSPS) is 13.1. The predicted octanol–water partition coefficient (Wildman–Crippen LogP) is 1.59. The third-order valence-corrected chi connectivity index (χ3v) is 2.32. The second kappa shape index (κ2) is 5.73. The molecule has 0 N–H and O–H groups in total. The fourth-order valence-electron chi connectivity index (χ4n) is 0.774. The Labute approximate surface area is 90.9 Å². The van der Waals surface area contributed by atoms with Gasteiger partial charge in [-0.1, -0.05) is 6.92 Å². The molecule has 87 valence electrons. The van der Waals surface area contributed by atoms with Crippen LogP contribution in [0.4, 0.5) is 0 Å². The Hall–Kier alpha value is -1.06. The van der Waals surface area contributed by atoms with Crippen LogP contribution < -0.4 is 0 Å². The maximum absolute atomic E-state index is 11.5. The lowest BCUT2D eigenvalue weighted by Crippen LogP contribution is -2.29. The number of hydrogen-bond donors (Lipinski definition) is 0. The zero-order valence-corrected chi connectivity index (χ0v) is 9.99. The zero-order valence-electron chi connectivity index (χ0n) is 9.99. The number of carbonyl (C=O) groups excluding carboxylic acids is 2. The second-order valence-corrected chi connectivity index (χ2v) is 4.03. The zero-order chi connectivity index (χ0) is 12.1. The van der Waals surface area contributed by atoms with Gasteiger partial charge in [-0.3, -0.25) is 9.59 Å². The van der Waals surface area contributed by atoms with Crippen LogP contribution in [0.25, 0.3) is 0 Å².